The van der Waals surface area contributed by atoms with Crippen LogP contribution in [-0.4, -0.2) is 93.3 Å². The fourth-order valence-electron chi connectivity index (χ4n) is 3.90. The number of benzene rings is 2. The zero-order valence-corrected chi connectivity index (χ0v) is 37.7. The number of unbranched alkanes of at least 4 members (excludes halogenated alkanes) is 1. The van der Waals surface area contributed by atoms with Gasteiger partial charge in [0.15, 0.2) is 0 Å². The first-order valence-corrected chi connectivity index (χ1v) is 19.8. The second-order valence-corrected chi connectivity index (χ2v) is 15.0. The normalized spacial score (nSPS) is 10.4. The Morgan fingerprint density at radius 3 is 1.57 bits per heavy atom. The maximum absolute atomic E-state index is 11.9. The number of carbonyl (C=O) groups excluding carboxylic acids is 5. The van der Waals surface area contributed by atoms with Crippen molar-refractivity contribution >= 4 is 36.8 Å². The van der Waals surface area contributed by atoms with Crippen LogP contribution >= 0.6 is 0 Å². The van der Waals surface area contributed by atoms with E-state index in [0.29, 0.717) is 38.1 Å². The van der Waals surface area contributed by atoms with Crippen LogP contribution in [0.1, 0.15) is 112 Å². The fraction of sp³-hybridized carbons (Fsp3) is 0.591. The number of aldehydes is 1. The largest absolute Gasteiger partial charge is 0.483 e. The van der Waals surface area contributed by atoms with Gasteiger partial charge in [0.2, 0.25) is 11.8 Å². The summed E-state index contributed by atoms with van der Waals surface area (Å²) in [6, 6.07) is 19.1. The van der Waals surface area contributed by atoms with E-state index in [4.69, 9.17) is 19.4 Å². The highest BCUT2D eigenvalue weighted by Crippen LogP contribution is 2.07. The van der Waals surface area contributed by atoms with Crippen molar-refractivity contribution in [3.05, 3.63) is 71.8 Å². The monoisotopic (exact) mass is 820 g/mol. The maximum Gasteiger partial charge on any atom is 0.407 e. The number of nitrogens with one attached hydrogen (secondary N) is 5. The molecule has 6 N–H and O–H groups in total. The van der Waals surface area contributed by atoms with E-state index < -0.39 is 11.6 Å². The van der Waals surface area contributed by atoms with Gasteiger partial charge in [0.1, 0.15) is 17.5 Å². The Morgan fingerprint density at radius 2 is 1.19 bits per heavy atom. The molecule has 1 atom stereocenters. The Morgan fingerprint density at radius 1 is 0.724 bits per heavy atom. The summed E-state index contributed by atoms with van der Waals surface area (Å²) in [4.78, 5) is 63.7. The van der Waals surface area contributed by atoms with Gasteiger partial charge >= 0.3 is 12.2 Å². The molecule has 0 aliphatic rings. The summed E-state index contributed by atoms with van der Waals surface area (Å²) < 4.78 is 9.87. The molecule has 2 aromatic rings. The van der Waals surface area contributed by atoms with Gasteiger partial charge in [-0.25, -0.2) is 9.59 Å². The lowest BCUT2D eigenvalue weighted by atomic mass is 10.1. The first-order valence-electron chi connectivity index (χ1n) is 19.8. The summed E-state index contributed by atoms with van der Waals surface area (Å²) in [5, 5.41) is 20.2. The minimum Gasteiger partial charge on any atom is -0.483 e. The molecule has 14 heteroatoms. The van der Waals surface area contributed by atoms with Gasteiger partial charge in [-0.3, -0.25) is 14.4 Å². The zero-order valence-electron chi connectivity index (χ0n) is 37.7. The first kappa shape index (κ1) is 59.7. The smallest absolute Gasteiger partial charge is 0.407 e. The Kier molecular flexibility index (Phi) is 40.0. The molecule has 0 aromatic heterocycles. The molecule has 58 heavy (non-hydrogen) atoms. The van der Waals surface area contributed by atoms with E-state index in [2.05, 4.69) is 47.4 Å². The van der Waals surface area contributed by atoms with Crippen LogP contribution in [0.5, 0.6) is 0 Å². The summed E-state index contributed by atoms with van der Waals surface area (Å²) in [7, 11) is 5.29. The average Bonchev–Trinajstić information content (AvgIpc) is 3.14. The van der Waals surface area contributed by atoms with Gasteiger partial charge in [0.25, 0.3) is 6.47 Å². The molecule has 2 aromatic carbocycles. The van der Waals surface area contributed by atoms with Crippen molar-refractivity contribution in [3.63, 3.8) is 0 Å². The van der Waals surface area contributed by atoms with Crippen molar-refractivity contribution in [2.45, 2.75) is 131 Å². The quantitative estimate of drug-likeness (QED) is 0.0844. The SMILES string of the molecule is CCCCNC(=O)OC(C)(C)C.CCNC(=O)CCC(C)C.CNC.CNC(=O)OC(C)(C)C.O=CO.O=C[C@@H](Cc1ccccc1)NC(=O)CCc1ccccc1. The van der Waals surface area contributed by atoms with Crippen LogP contribution in [0.15, 0.2) is 60.7 Å². The summed E-state index contributed by atoms with van der Waals surface area (Å²) in [5.41, 5.74) is 1.38. The van der Waals surface area contributed by atoms with Crippen LogP contribution in [0.2, 0.25) is 0 Å². The summed E-state index contributed by atoms with van der Waals surface area (Å²) in [5.74, 6) is 0.714. The van der Waals surface area contributed by atoms with E-state index in [1.165, 1.54) is 7.05 Å². The lowest BCUT2D eigenvalue weighted by Crippen LogP contribution is -2.37. The van der Waals surface area contributed by atoms with E-state index in [9.17, 15) is 24.0 Å². The molecular formula is C44H77N5O9. The molecule has 14 nitrogen and oxygen atoms in total. The predicted molar refractivity (Wildman–Crippen MR) is 234 cm³/mol. The summed E-state index contributed by atoms with van der Waals surface area (Å²) in [6.07, 6.45) is 5.44. The average molecular weight is 820 g/mol. The van der Waals surface area contributed by atoms with Crippen LogP contribution in [0.25, 0.3) is 0 Å². The number of carboxylic acid groups (broad SMARTS) is 1. The number of rotatable bonds is 14. The fourth-order valence-corrected chi connectivity index (χ4v) is 3.90. The van der Waals surface area contributed by atoms with Gasteiger partial charge in [-0.15, -0.1) is 0 Å². The van der Waals surface area contributed by atoms with E-state index in [1.807, 2.05) is 123 Å². The third-order valence-electron chi connectivity index (χ3n) is 6.42. The molecule has 0 saturated carbocycles. The minimum absolute atomic E-state index is 0.0908. The molecule has 4 amide bonds. The number of amides is 4. The molecule has 0 spiro atoms. The van der Waals surface area contributed by atoms with Crippen LogP contribution in [0, 0.1) is 5.92 Å². The molecule has 0 fully saturated rings. The third kappa shape index (κ3) is 49.0. The van der Waals surface area contributed by atoms with E-state index in [0.717, 1.165) is 43.2 Å². The number of hydrogen-bond acceptors (Lipinski definition) is 9. The Hall–Kier alpha value is -4.98. The van der Waals surface area contributed by atoms with E-state index in [-0.39, 0.29) is 36.1 Å². The van der Waals surface area contributed by atoms with Crippen LogP contribution < -0.4 is 26.6 Å². The highest BCUT2D eigenvalue weighted by atomic mass is 16.6. The number of ether oxygens (including phenoxy) is 2. The lowest BCUT2D eigenvalue weighted by Gasteiger charge is -2.19. The van der Waals surface area contributed by atoms with Crippen LogP contribution in [0.3, 0.4) is 0 Å². The number of alkyl carbamates (subject to hydrolysis) is 2. The van der Waals surface area contributed by atoms with Gasteiger partial charge in [-0.05, 0) is 105 Å². The van der Waals surface area contributed by atoms with E-state index >= 15 is 0 Å². The molecular weight excluding hydrogens is 743 g/mol. The van der Waals surface area contributed by atoms with Gasteiger partial charge in [0, 0.05) is 33.0 Å². The highest BCUT2D eigenvalue weighted by Gasteiger charge is 2.16. The van der Waals surface area contributed by atoms with Crippen molar-refractivity contribution in [1.29, 1.82) is 0 Å². The molecule has 0 saturated heterocycles. The van der Waals surface area contributed by atoms with Gasteiger partial charge in [-0.2, -0.15) is 0 Å². The predicted octanol–water partition coefficient (Wildman–Crippen LogP) is 7.09. The number of aryl methyl sites for hydroxylation is 1. The van der Waals surface area contributed by atoms with Gasteiger partial charge in [-0.1, -0.05) is 87.9 Å². The Bertz CT molecular complexity index is 1310. The van der Waals surface area contributed by atoms with Crippen molar-refractivity contribution in [2.24, 2.45) is 5.92 Å². The summed E-state index contributed by atoms with van der Waals surface area (Å²) >= 11 is 0. The van der Waals surface area contributed by atoms with Gasteiger partial charge < -0.3 is 46.0 Å². The molecule has 0 radical (unpaired) electrons. The molecule has 0 bridgehead atoms. The standard InChI is InChI=1S/C18H19NO2.C9H19NO2.C8H17NO.C6H13NO2.C2H7N.CH2O2/c20-14-17(13-16-9-5-2-6-10-16)19-18(21)12-11-15-7-3-1-4-8-15;1-5-6-7-10-8(11)12-9(2,3)4;1-4-9-8(10)6-5-7(2)3;1-6(2,3)9-5(8)7-4;1-3-2;2-1-3/h1-10,14,17H,11-13H2,(H,19,21);5-7H2,1-4H3,(H,10,11);7H,4-6H2,1-3H3,(H,9,10);1-4H3,(H,7,8);3H,1-2H3;1H,(H,2,3)/t17-;;;;;/m1...../s1. The molecule has 0 heterocycles. The minimum atomic E-state index is -0.462. The maximum atomic E-state index is 11.9. The Labute approximate surface area is 349 Å². The van der Waals surface area contributed by atoms with Crippen molar-refractivity contribution in [2.75, 3.05) is 34.2 Å². The number of hydrogen-bond donors (Lipinski definition) is 6. The zero-order chi connectivity index (χ0) is 45.4. The molecule has 0 aliphatic heterocycles. The second kappa shape index (κ2) is 38.9. The first-order chi connectivity index (χ1) is 27.2. The van der Waals surface area contributed by atoms with Crippen molar-refractivity contribution in [1.82, 2.24) is 26.6 Å². The molecule has 332 valence electrons. The van der Waals surface area contributed by atoms with Crippen LogP contribution in [0.4, 0.5) is 9.59 Å². The second-order valence-electron chi connectivity index (χ2n) is 15.0. The van der Waals surface area contributed by atoms with Crippen molar-refractivity contribution in [3.8, 4) is 0 Å². The lowest BCUT2D eigenvalue weighted by molar-refractivity contribution is -0.124. The van der Waals surface area contributed by atoms with Crippen molar-refractivity contribution < 1.29 is 43.3 Å². The number of carbonyl (C=O) groups is 6. The Balaban J connectivity index is -0.000000339. The highest BCUT2D eigenvalue weighted by molar-refractivity contribution is 5.80. The van der Waals surface area contributed by atoms with Gasteiger partial charge in [0.05, 0.1) is 6.04 Å². The molecule has 0 unspecified atom stereocenters. The molecule has 2 rings (SSSR count). The van der Waals surface area contributed by atoms with E-state index in [1.54, 1.807) is 0 Å². The topological polar surface area (TPSA) is 201 Å². The third-order valence-corrected chi connectivity index (χ3v) is 6.42. The molecule has 0 aliphatic carbocycles. The summed E-state index contributed by atoms with van der Waals surface area (Å²) in [6.45, 7) is 20.5. The van der Waals surface area contributed by atoms with Crippen LogP contribution in [-0.2, 0) is 41.5 Å².